The van der Waals surface area contributed by atoms with Crippen molar-refractivity contribution in [2.24, 2.45) is 13.0 Å². The van der Waals surface area contributed by atoms with Gasteiger partial charge in [0.05, 0.1) is 11.7 Å². The third kappa shape index (κ3) is 2.38. The Hall–Kier alpha value is -2.82. The number of pyridine rings is 1. The summed E-state index contributed by atoms with van der Waals surface area (Å²) < 4.78 is 2.19. The highest BCUT2D eigenvalue weighted by Crippen LogP contribution is 2.36. The number of hydrogen-bond acceptors (Lipinski definition) is 3. The van der Waals surface area contributed by atoms with Gasteiger partial charge in [-0.15, -0.1) is 0 Å². The maximum absolute atomic E-state index is 12.0. The zero-order valence-electron chi connectivity index (χ0n) is 15.1. The summed E-state index contributed by atoms with van der Waals surface area (Å²) in [7, 11) is 2.08. The van der Waals surface area contributed by atoms with E-state index in [1.54, 1.807) is 0 Å². The SMILES string of the molecule is Cc1c(-c2cc3cc(NC(=O)C4CC4)ncc3n2C)ccc2c1CCN2. The van der Waals surface area contributed by atoms with Gasteiger partial charge in [0.1, 0.15) is 5.82 Å². The van der Waals surface area contributed by atoms with Gasteiger partial charge in [0.15, 0.2) is 0 Å². The molecule has 0 radical (unpaired) electrons. The lowest BCUT2D eigenvalue weighted by Gasteiger charge is -2.12. The van der Waals surface area contributed by atoms with Gasteiger partial charge in [0, 0.05) is 41.8 Å². The van der Waals surface area contributed by atoms with Crippen LogP contribution in [-0.2, 0) is 18.3 Å². The van der Waals surface area contributed by atoms with Crippen LogP contribution in [0.2, 0.25) is 0 Å². The average Bonchev–Trinajstić information content (AvgIpc) is 3.29. The third-order valence-corrected chi connectivity index (χ3v) is 5.69. The Morgan fingerprint density at radius 2 is 2.15 bits per heavy atom. The molecule has 26 heavy (non-hydrogen) atoms. The highest BCUT2D eigenvalue weighted by molar-refractivity contribution is 5.96. The number of nitrogens with zero attached hydrogens (tertiary/aromatic N) is 2. The number of carbonyl (C=O) groups is 1. The number of aryl methyl sites for hydroxylation is 1. The van der Waals surface area contributed by atoms with E-state index in [4.69, 9.17) is 0 Å². The zero-order chi connectivity index (χ0) is 17.8. The average molecular weight is 346 g/mol. The van der Waals surface area contributed by atoms with E-state index in [9.17, 15) is 4.79 Å². The summed E-state index contributed by atoms with van der Waals surface area (Å²) in [5.74, 6) is 0.915. The van der Waals surface area contributed by atoms with Crippen molar-refractivity contribution in [3.8, 4) is 11.3 Å². The number of rotatable bonds is 3. The van der Waals surface area contributed by atoms with Crippen molar-refractivity contribution in [3.63, 3.8) is 0 Å². The molecule has 0 bridgehead atoms. The number of aromatic nitrogens is 2. The van der Waals surface area contributed by atoms with Crippen LogP contribution < -0.4 is 10.6 Å². The van der Waals surface area contributed by atoms with Gasteiger partial charge in [-0.1, -0.05) is 6.07 Å². The number of carbonyl (C=O) groups excluding carboxylic acids is 1. The van der Waals surface area contributed by atoms with Gasteiger partial charge in [0.2, 0.25) is 5.91 Å². The highest BCUT2D eigenvalue weighted by Gasteiger charge is 2.29. The minimum absolute atomic E-state index is 0.0926. The monoisotopic (exact) mass is 346 g/mol. The predicted molar refractivity (Wildman–Crippen MR) is 104 cm³/mol. The third-order valence-electron chi connectivity index (χ3n) is 5.69. The molecule has 5 rings (SSSR count). The van der Waals surface area contributed by atoms with Crippen molar-refractivity contribution in [1.82, 2.24) is 9.55 Å². The van der Waals surface area contributed by atoms with Gasteiger partial charge in [-0.3, -0.25) is 4.79 Å². The molecule has 1 fully saturated rings. The van der Waals surface area contributed by atoms with Crippen LogP contribution in [0.25, 0.3) is 22.2 Å². The smallest absolute Gasteiger partial charge is 0.228 e. The molecule has 1 amide bonds. The van der Waals surface area contributed by atoms with Gasteiger partial charge in [0.25, 0.3) is 0 Å². The van der Waals surface area contributed by atoms with E-state index in [2.05, 4.69) is 52.4 Å². The molecule has 1 saturated carbocycles. The lowest BCUT2D eigenvalue weighted by molar-refractivity contribution is -0.117. The molecule has 1 aliphatic carbocycles. The number of hydrogen-bond donors (Lipinski definition) is 2. The van der Waals surface area contributed by atoms with E-state index in [1.807, 2.05) is 12.3 Å². The molecule has 0 unspecified atom stereocenters. The van der Waals surface area contributed by atoms with Crippen LogP contribution in [0, 0.1) is 12.8 Å². The molecule has 2 aromatic heterocycles. The Labute approximate surface area is 152 Å². The number of fused-ring (bicyclic) bond motifs is 2. The molecule has 0 atom stereocenters. The summed E-state index contributed by atoms with van der Waals surface area (Å²) in [5, 5.41) is 7.48. The van der Waals surface area contributed by atoms with Gasteiger partial charge >= 0.3 is 0 Å². The molecule has 3 heterocycles. The second kappa shape index (κ2) is 5.59. The lowest BCUT2D eigenvalue weighted by atomic mass is 9.98. The fourth-order valence-corrected chi connectivity index (χ4v) is 3.98. The second-order valence-electron chi connectivity index (χ2n) is 7.42. The molecule has 2 aliphatic rings. The van der Waals surface area contributed by atoms with Crippen LogP contribution in [0.1, 0.15) is 24.0 Å². The van der Waals surface area contributed by atoms with E-state index in [0.717, 1.165) is 36.7 Å². The molecule has 1 aliphatic heterocycles. The first-order valence-electron chi connectivity index (χ1n) is 9.25. The largest absolute Gasteiger partial charge is 0.384 e. The molecule has 5 nitrogen and oxygen atoms in total. The minimum Gasteiger partial charge on any atom is -0.384 e. The number of benzene rings is 1. The topological polar surface area (TPSA) is 59.0 Å². The van der Waals surface area contributed by atoms with Crippen molar-refractivity contribution in [3.05, 3.63) is 41.6 Å². The summed E-state index contributed by atoms with van der Waals surface area (Å²) >= 11 is 0. The molecule has 132 valence electrons. The first-order valence-corrected chi connectivity index (χ1v) is 9.25. The highest BCUT2D eigenvalue weighted by atomic mass is 16.2. The van der Waals surface area contributed by atoms with Crippen LogP contribution >= 0.6 is 0 Å². The van der Waals surface area contributed by atoms with Crippen LogP contribution in [0.3, 0.4) is 0 Å². The van der Waals surface area contributed by atoms with Gasteiger partial charge in [-0.05, 0) is 55.5 Å². The van der Waals surface area contributed by atoms with Gasteiger partial charge in [-0.2, -0.15) is 0 Å². The molecule has 2 N–H and O–H groups in total. The van der Waals surface area contributed by atoms with Gasteiger partial charge in [-0.25, -0.2) is 4.98 Å². The Morgan fingerprint density at radius 3 is 2.96 bits per heavy atom. The van der Waals surface area contributed by atoms with Crippen LogP contribution in [0.15, 0.2) is 30.5 Å². The normalized spacial score (nSPS) is 15.8. The first-order chi connectivity index (χ1) is 12.6. The fourth-order valence-electron chi connectivity index (χ4n) is 3.98. The van der Waals surface area contributed by atoms with E-state index >= 15 is 0 Å². The Bertz CT molecular complexity index is 1050. The van der Waals surface area contributed by atoms with Crippen LogP contribution in [0.5, 0.6) is 0 Å². The van der Waals surface area contributed by atoms with Crippen molar-refractivity contribution in [2.75, 3.05) is 17.2 Å². The summed E-state index contributed by atoms with van der Waals surface area (Å²) in [5.41, 5.74) is 7.53. The standard InChI is InChI=1S/C21H22N4O/c1-12-15-7-8-22-17(15)6-5-16(12)18-9-14-10-20(23-11-19(14)25(18)2)24-21(26)13-3-4-13/h5-6,9-11,13,22H,3-4,7-8H2,1-2H3,(H,23,24,26). The molecule has 0 saturated heterocycles. The Kier molecular flexibility index (Phi) is 3.32. The molecule has 0 spiro atoms. The summed E-state index contributed by atoms with van der Waals surface area (Å²) in [6.07, 6.45) is 4.93. The summed E-state index contributed by atoms with van der Waals surface area (Å²) in [6, 6.07) is 8.55. The zero-order valence-corrected chi connectivity index (χ0v) is 15.1. The predicted octanol–water partition coefficient (Wildman–Crippen LogP) is 3.87. The van der Waals surface area contributed by atoms with Gasteiger partial charge < -0.3 is 15.2 Å². The molecule has 1 aromatic carbocycles. The van der Waals surface area contributed by atoms with E-state index < -0.39 is 0 Å². The van der Waals surface area contributed by atoms with Crippen LogP contribution in [0.4, 0.5) is 11.5 Å². The molecule has 5 heteroatoms. The molecule has 3 aromatic rings. The Morgan fingerprint density at radius 1 is 1.31 bits per heavy atom. The quantitative estimate of drug-likeness (QED) is 0.757. The van der Waals surface area contributed by atoms with E-state index in [0.29, 0.717) is 5.82 Å². The fraction of sp³-hybridized carbons (Fsp3) is 0.333. The number of anilines is 2. The lowest BCUT2D eigenvalue weighted by Crippen LogP contribution is -2.14. The minimum atomic E-state index is 0.0926. The van der Waals surface area contributed by atoms with Crippen molar-refractivity contribution in [1.29, 1.82) is 0 Å². The molecular weight excluding hydrogens is 324 g/mol. The van der Waals surface area contributed by atoms with Crippen molar-refractivity contribution >= 4 is 28.3 Å². The molecular formula is C21H22N4O. The summed E-state index contributed by atoms with van der Waals surface area (Å²) in [6.45, 7) is 3.22. The maximum atomic E-state index is 12.0. The summed E-state index contributed by atoms with van der Waals surface area (Å²) in [4.78, 5) is 16.4. The van der Waals surface area contributed by atoms with Crippen molar-refractivity contribution in [2.45, 2.75) is 26.2 Å². The van der Waals surface area contributed by atoms with Crippen LogP contribution in [-0.4, -0.2) is 22.0 Å². The maximum Gasteiger partial charge on any atom is 0.228 e. The number of amides is 1. The van der Waals surface area contributed by atoms with E-state index in [1.165, 1.54) is 28.1 Å². The number of nitrogens with one attached hydrogen (secondary N) is 2. The van der Waals surface area contributed by atoms with E-state index in [-0.39, 0.29) is 11.8 Å². The second-order valence-corrected chi connectivity index (χ2v) is 7.42. The Balaban J connectivity index is 1.56. The van der Waals surface area contributed by atoms with Crippen molar-refractivity contribution < 1.29 is 4.79 Å². The first kappa shape index (κ1) is 15.4.